The Bertz CT molecular complexity index is 1040. The molecule has 1 amide bonds. The minimum atomic E-state index is -1.04. The molecule has 3 saturated heterocycles. The first-order chi connectivity index (χ1) is 22.1. The lowest BCUT2D eigenvalue weighted by Gasteiger charge is -2.48. The van der Waals surface area contributed by atoms with Crippen molar-refractivity contribution >= 4 is 17.7 Å². The van der Waals surface area contributed by atoms with Gasteiger partial charge in [-0.25, -0.2) is 0 Å². The molecule has 3 aliphatic heterocycles. The minimum absolute atomic E-state index is 0.0297. The van der Waals surface area contributed by atoms with E-state index in [2.05, 4.69) is 17.1 Å². The average Bonchev–Trinajstić information content (AvgIpc) is 3.04. The first-order valence-electron chi connectivity index (χ1n) is 17.2. The number of ether oxygens (including phenoxy) is 5. The highest BCUT2D eigenvalue weighted by Gasteiger charge is 2.50. The van der Waals surface area contributed by atoms with Crippen LogP contribution < -0.4 is 5.32 Å². The van der Waals surface area contributed by atoms with E-state index in [0.29, 0.717) is 58.5 Å². The van der Waals surface area contributed by atoms with Crippen molar-refractivity contribution in [2.24, 2.45) is 17.8 Å². The van der Waals surface area contributed by atoms with Crippen molar-refractivity contribution < 1.29 is 43.2 Å². The van der Waals surface area contributed by atoms with E-state index in [-0.39, 0.29) is 42.9 Å². The van der Waals surface area contributed by atoms with E-state index in [9.17, 15) is 19.5 Å². The summed E-state index contributed by atoms with van der Waals surface area (Å²) < 4.78 is 29.9. The number of carbonyl (C=O) groups is 3. The van der Waals surface area contributed by atoms with Crippen LogP contribution in [0, 0.1) is 17.8 Å². The number of hydrogen-bond acceptors (Lipinski definition) is 12. The Morgan fingerprint density at radius 3 is 2.38 bits per heavy atom. The summed E-state index contributed by atoms with van der Waals surface area (Å²) in [4.78, 5) is 46.4. The van der Waals surface area contributed by atoms with Crippen molar-refractivity contribution in [2.45, 2.75) is 102 Å². The topological polar surface area (TPSA) is 139 Å². The van der Waals surface area contributed by atoms with E-state index in [4.69, 9.17) is 23.7 Å². The van der Waals surface area contributed by atoms with Gasteiger partial charge >= 0.3 is 5.97 Å². The summed E-state index contributed by atoms with van der Waals surface area (Å²) in [5.74, 6) is -2.60. The molecule has 47 heavy (non-hydrogen) atoms. The number of carbonyl (C=O) groups excluding carboxylic acids is 3. The van der Waals surface area contributed by atoms with Crippen LogP contribution in [0.3, 0.4) is 0 Å². The maximum Gasteiger partial charge on any atom is 0.316 e. The smallest absolute Gasteiger partial charge is 0.316 e. The van der Waals surface area contributed by atoms with Crippen molar-refractivity contribution in [3.05, 3.63) is 0 Å². The van der Waals surface area contributed by atoms with Gasteiger partial charge < -0.3 is 43.9 Å². The third-order valence-corrected chi connectivity index (χ3v) is 10.7. The zero-order valence-electron chi connectivity index (χ0n) is 30.5. The van der Waals surface area contributed by atoms with E-state index in [1.165, 1.54) is 0 Å². The number of rotatable bonds is 9. The third kappa shape index (κ3) is 9.72. The summed E-state index contributed by atoms with van der Waals surface area (Å²) in [5, 5.41) is 14.4. The van der Waals surface area contributed by atoms with Crippen molar-refractivity contribution in [3.63, 3.8) is 0 Å². The molecule has 3 heterocycles. The summed E-state index contributed by atoms with van der Waals surface area (Å²) in [7, 11) is 9.10. The lowest BCUT2D eigenvalue weighted by molar-refractivity contribution is -0.295. The number of piperidine rings is 1. The highest BCUT2D eigenvalue weighted by Crippen LogP contribution is 2.38. The van der Waals surface area contributed by atoms with E-state index < -0.39 is 47.4 Å². The quantitative estimate of drug-likeness (QED) is 0.207. The number of cyclic esters (lactones) is 1. The van der Waals surface area contributed by atoms with Gasteiger partial charge in [0.25, 0.3) is 0 Å². The number of hydrogen-bond donors (Lipinski definition) is 2. The molecule has 13 nitrogen and oxygen atoms in total. The molecule has 0 saturated carbocycles. The van der Waals surface area contributed by atoms with Crippen LogP contribution in [-0.4, -0.2) is 161 Å². The Morgan fingerprint density at radius 2 is 1.79 bits per heavy atom. The highest BCUT2D eigenvalue weighted by atomic mass is 16.7. The predicted octanol–water partition coefficient (Wildman–Crippen LogP) is 1.16. The van der Waals surface area contributed by atoms with Gasteiger partial charge in [-0.15, -0.1) is 0 Å². The number of nitrogens with zero attached hydrogens (tertiary/aromatic N) is 3. The van der Waals surface area contributed by atoms with E-state index in [1.54, 1.807) is 28.1 Å². The molecule has 3 fully saturated rings. The summed E-state index contributed by atoms with van der Waals surface area (Å²) in [6.45, 7) is 12.6. The molecule has 0 aliphatic carbocycles. The SMILES string of the molecule is COCCNCC(=O)N1CCC2(CC1)COC(=O)C(C)C(=O)[C@H](C)[C@@H](O[C@@H]1O[C@H](C)C[C@H](N(C)C)[C@H]1O)[C@](C)(OC)C[C@@H](C)CN2C. The van der Waals surface area contributed by atoms with Crippen LogP contribution in [0.15, 0.2) is 0 Å². The Hall–Kier alpha value is -1.71. The lowest BCUT2D eigenvalue weighted by atomic mass is 9.78. The molecule has 0 bridgehead atoms. The number of aliphatic hydroxyl groups is 1. The Morgan fingerprint density at radius 1 is 1.13 bits per heavy atom. The number of Topliss-reactive ketones (excluding diaryl/α,β-unsaturated/α-hetero) is 1. The number of methoxy groups -OCH3 is 2. The molecule has 9 atom stereocenters. The van der Waals surface area contributed by atoms with E-state index in [1.807, 2.05) is 44.8 Å². The van der Waals surface area contributed by atoms with Crippen LogP contribution in [0.4, 0.5) is 0 Å². The fraction of sp³-hybridized carbons (Fsp3) is 0.912. The normalized spacial score (nSPS) is 36.5. The molecule has 3 rings (SSSR count). The molecule has 1 unspecified atom stereocenters. The number of nitrogens with one attached hydrogen (secondary N) is 1. The van der Waals surface area contributed by atoms with Gasteiger partial charge in [0.05, 0.1) is 36.5 Å². The van der Waals surface area contributed by atoms with Crippen molar-refractivity contribution in [1.29, 1.82) is 0 Å². The van der Waals surface area contributed by atoms with Crippen molar-refractivity contribution in [3.8, 4) is 0 Å². The first-order valence-corrected chi connectivity index (χ1v) is 17.2. The number of likely N-dealkylation sites (N-methyl/N-ethyl adjacent to an activating group) is 2. The zero-order valence-corrected chi connectivity index (χ0v) is 30.5. The second-order valence-electron chi connectivity index (χ2n) is 14.6. The fourth-order valence-electron chi connectivity index (χ4n) is 7.60. The van der Waals surface area contributed by atoms with Gasteiger partial charge in [-0.1, -0.05) is 13.8 Å². The number of esters is 1. The van der Waals surface area contributed by atoms with Gasteiger partial charge in [0.2, 0.25) is 5.91 Å². The molecule has 13 heteroatoms. The van der Waals surface area contributed by atoms with E-state index >= 15 is 0 Å². The Kier molecular flexibility index (Phi) is 14.6. The predicted molar refractivity (Wildman–Crippen MR) is 177 cm³/mol. The van der Waals surface area contributed by atoms with Crippen LogP contribution in [0.25, 0.3) is 0 Å². The van der Waals surface area contributed by atoms with Crippen LogP contribution >= 0.6 is 0 Å². The molecule has 272 valence electrons. The molecule has 2 N–H and O–H groups in total. The van der Waals surface area contributed by atoms with Gasteiger partial charge in [-0.05, 0) is 73.5 Å². The highest BCUT2D eigenvalue weighted by molar-refractivity contribution is 6.00. The summed E-state index contributed by atoms with van der Waals surface area (Å²) >= 11 is 0. The number of aliphatic hydroxyl groups excluding tert-OH is 1. The minimum Gasteiger partial charge on any atom is -0.463 e. The monoisotopic (exact) mass is 670 g/mol. The number of amides is 1. The number of likely N-dealkylation sites (tertiary alicyclic amines) is 1. The largest absolute Gasteiger partial charge is 0.463 e. The summed E-state index contributed by atoms with van der Waals surface area (Å²) in [6.07, 6.45) is -0.484. The second kappa shape index (κ2) is 17.3. The average molecular weight is 671 g/mol. The van der Waals surface area contributed by atoms with Crippen molar-refractivity contribution in [2.75, 3.05) is 81.3 Å². The molecule has 1 spiro atoms. The Labute approximate surface area is 281 Å². The molecule has 0 radical (unpaired) electrons. The molecule has 0 aromatic rings. The van der Waals surface area contributed by atoms with Crippen molar-refractivity contribution in [1.82, 2.24) is 20.0 Å². The zero-order chi connectivity index (χ0) is 35.1. The van der Waals surface area contributed by atoms with Crippen LogP contribution in [-0.2, 0) is 38.1 Å². The molecule has 0 aromatic carbocycles. The standard InChI is InChI=1S/C34H62N4O9/c1-22-18-33(5,44-10)30(47-32-29(41)26(36(6)7)17-23(2)46-32)24(3)28(40)25(4)31(42)45-21-34(37(8)20-22)11-14-38(15-12-34)27(39)19-35-13-16-43-9/h22-26,29-30,32,35,41H,11-21H2,1-10H3/t22-,23-,24+,25?,26+,29-,30-,32+,33-/m1/s1. The second-order valence-corrected chi connectivity index (χ2v) is 14.6. The summed E-state index contributed by atoms with van der Waals surface area (Å²) in [5.41, 5.74) is -1.45. The van der Waals surface area contributed by atoms with Gasteiger partial charge in [-0.3, -0.25) is 19.3 Å². The van der Waals surface area contributed by atoms with Gasteiger partial charge in [0.1, 0.15) is 18.6 Å². The molecular formula is C34H62N4O9. The van der Waals surface area contributed by atoms with Gasteiger partial charge in [-0.2, -0.15) is 0 Å². The number of ketones is 1. The molecular weight excluding hydrogens is 608 g/mol. The third-order valence-electron chi connectivity index (χ3n) is 10.7. The van der Waals surface area contributed by atoms with Crippen LogP contribution in [0.5, 0.6) is 0 Å². The molecule has 3 aliphatic rings. The fourth-order valence-corrected chi connectivity index (χ4v) is 7.60. The lowest BCUT2D eigenvalue weighted by Crippen LogP contribution is -2.60. The van der Waals surface area contributed by atoms with E-state index in [0.717, 1.165) is 0 Å². The Balaban J connectivity index is 1.87. The van der Waals surface area contributed by atoms with Crippen LogP contribution in [0.1, 0.15) is 60.3 Å². The first kappa shape index (κ1) is 39.7. The maximum absolute atomic E-state index is 14.0. The maximum atomic E-state index is 14.0. The molecule has 0 aromatic heterocycles. The van der Waals surface area contributed by atoms with Gasteiger partial charge in [0, 0.05) is 52.4 Å². The van der Waals surface area contributed by atoms with Crippen LogP contribution in [0.2, 0.25) is 0 Å². The van der Waals surface area contributed by atoms with Gasteiger partial charge in [0.15, 0.2) is 12.1 Å². The summed E-state index contributed by atoms with van der Waals surface area (Å²) in [6, 6.07) is -0.190.